The van der Waals surface area contributed by atoms with E-state index in [1.807, 2.05) is 27.7 Å². The maximum absolute atomic E-state index is 13.8. The summed E-state index contributed by atoms with van der Waals surface area (Å²) < 4.78 is 24.5. The summed E-state index contributed by atoms with van der Waals surface area (Å²) in [6.07, 6.45) is 51.7. The molecule has 0 aromatic heterocycles. The SMILES string of the molecule is CCCCCCCCCCCCSCC(C)C(=O)OCC(COC(=O)C(C)CSCCCCCCCCCCCC)(COC(=O)C(C)CSCCCCCCCCCCCC)COC(=O)C(C)CSCCCCCCCCCCCC. The number of unbranched alkanes of at least 4 members (excludes halogenated alkanes) is 36. The molecule has 8 nitrogen and oxygen atoms in total. The van der Waals surface area contributed by atoms with Gasteiger partial charge in [0.1, 0.15) is 31.8 Å². The highest BCUT2D eigenvalue weighted by molar-refractivity contribution is 7.99. The molecule has 0 saturated heterocycles. The average molecular weight is 1220 g/mol. The van der Waals surface area contributed by atoms with Gasteiger partial charge in [-0.25, -0.2) is 0 Å². The van der Waals surface area contributed by atoms with Gasteiger partial charge in [0, 0.05) is 23.0 Å². The van der Waals surface area contributed by atoms with Crippen LogP contribution >= 0.6 is 47.0 Å². The molecule has 0 N–H and O–H groups in total. The lowest BCUT2D eigenvalue weighted by Crippen LogP contribution is -2.45. The first-order valence-electron chi connectivity index (χ1n) is 34.4. The molecule has 0 bridgehead atoms. The van der Waals surface area contributed by atoms with E-state index in [0.717, 1.165) is 48.7 Å². The lowest BCUT2D eigenvalue weighted by atomic mass is 9.91. The van der Waals surface area contributed by atoms with Crippen LogP contribution in [0.5, 0.6) is 0 Å². The van der Waals surface area contributed by atoms with E-state index >= 15 is 0 Å². The first-order chi connectivity index (χ1) is 39.5. The van der Waals surface area contributed by atoms with Gasteiger partial charge in [-0.1, -0.05) is 287 Å². The van der Waals surface area contributed by atoms with Gasteiger partial charge in [0.25, 0.3) is 0 Å². The Hall–Kier alpha value is -0.720. The Morgan fingerprint density at radius 2 is 0.407 bits per heavy atom. The number of esters is 4. The van der Waals surface area contributed by atoms with E-state index in [-0.39, 0.29) is 74.0 Å². The number of hydrogen-bond donors (Lipinski definition) is 0. The Bertz CT molecular complexity index is 1200. The van der Waals surface area contributed by atoms with E-state index in [0.29, 0.717) is 23.0 Å². The number of carbonyl (C=O) groups excluding carboxylic acids is 4. The molecular weight excluding hydrogens is 1090 g/mol. The van der Waals surface area contributed by atoms with Crippen LogP contribution in [0.25, 0.3) is 0 Å². The molecular formula is C69H132O8S4. The van der Waals surface area contributed by atoms with Gasteiger partial charge in [0.2, 0.25) is 0 Å². The molecule has 4 atom stereocenters. The number of ether oxygens (including phenoxy) is 4. The predicted molar refractivity (Wildman–Crippen MR) is 360 cm³/mol. The highest BCUT2D eigenvalue weighted by Gasteiger charge is 2.39. The molecule has 0 fully saturated rings. The van der Waals surface area contributed by atoms with Crippen LogP contribution in [-0.4, -0.2) is 96.3 Å². The predicted octanol–water partition coefficient (Wildman–Crippen LogP) is 21.3. The standard InChI is InChI=1S/C69H132O8S4/c1-9-13-17-21-25-29-33-37-41-45-49-78-53-61(5)65(70)74-57-69(58-75-66(71)62(6)54-79-50-46-42-38-34-30-26-22-18-14-10-2,59-76-67(72)63(7)55-80-51-47-43-39-35-31-27-23-19-15-11-3)60-77-68(73)64(8)56-81-52-48-44-40-36-32-28-24-20-16-12-4/h61-64H,9-60H2,1-8H3. The Morgan fingerprint density at radius 1 is 0.259 bits per heavy atom. The van der Waals surface area contributed by atoms with E-state index in [1.165, 1.54) is 231 Å². The lowest BCUT2D eigenvalue weighted by Gasteiger charge is -2.33. The van der Waals surface area contributed by atoms with Crippen molar-refractivity contribution in [3.8, 4) is 0 Å². The number of rotatable bonds is 64. The van der Waals surface area contributed by atoms with Gasteiger partial charge >= 0.3 is 23.9 Å². The Morgan fingerprint density at radius 3 is 0.568 bits per heavy atom. The van der Waals surface area contributed by atoms with Gasteiger partial charge < -0.3 is 18.9 Å². The summed E-state index contributed by atoms with van der Waals surface area (Å²) in [6.45, 7) is 15.8. The Balaban J connectivity index is 5.83. The topological polar surface area (TPSA) is 105 Å². The molecule has 0 spiro atoms. The molecule has 12 heteroatoms. The monoisotopic (exact) mass is 1220 g/mol. The zero-order chi connectivity index (χ0) is 59.5. The fourth-order valence-electron chi connectivity index (χ4n) is 9.79. The maximum atomic E-state index is 13.8. The van der Waals surface area contributed by atoms with Crippen LogP contribution in [0, 0.1) is 29.1 Å². The molecule has 0 aliphatic heterocycles. The van der Waals surface area contributed by atoms with Gasteiger partial charge in [0.05, 0.1) is 23.7 Å². The summed E-state index contributed by atoms with van der Waals surface area (Å²) in [7, 11) is 0. The summed E-state index contributed by atoms with van der Waals surface area (Å²) in [5.41, 5.74) is -1.28. The quantitative estimate of drug-likeness (QED) is 0.0329. The molecule has 0 radical (unpaired) electrons. The number of thioether (sulfide) groups is 4. The van der Waals surface area contributed by atoms with Crippen molar-refractivity contribution in [2.45, 2.75) is 312 Å². The van der Waals surface area contributed by atoms with Gasteiger partial charge in [-0.15, -0.1) is 0 Å². The minimum absolute atomic E-state index is 0.210. The first kappa shape index (κ1) is 80.3. The van der Waals surface area contributed by atoms with Gasteiger partial charge in [-0.2, -0.15) is 47.0 Å². The first-order valence-corrected chi connectivity index (χ1v) is 39.1. The molecule has 0 aromatic rings. The van der Waals surface area contributed by atoms with Crippen LogP contribution in [0.15, 0.2) is 0 Å². The van der Waals surface area contributed by atoms with E-state index in [9.17, 15) is 19.2 Å². The highest BCUT2D eigenvalue weighted by Crippen LogP contribution is 2.27. The minimum Gasteiger partial charge on any atom is -0.464 e. The largest absolute Gasteiger partial charge is 0.464 e. The summed E-state index contributed by atoms with van der Waals surface area (Å²) in [5.74, 6) is 3.67. The zero-order valence-corrected chi connectivity index (χ0v) is 57.7. The smallest absolute Gasteiger partial charge is 0.309 e. The zero-order valence-electron chi connectivity index (χ0n) is 54.5. The third-order valence-electron chi connectivity index (χ3n) is 15.7. The van der Waals surface area contributed by atoms with Crippen LogP contribution in [0.2, 0.25) is 0 Å². The maximum Gasteiger partial charge on any atom is 0.309 e. The molecule has 81 heavy (non-hydrogen) atoms. The van der Waals surface area contributed by atoms with Gasteiger partial charge in [0.15, 0.2) is 0 Å². The summed E-state index contributed by atoms with van der Waals surface area (Å²) in [5, 5.41) is 0. The van der Waals surface area contributed by atoms with Crippen LogP contribution in [0.3, 0.4) is 0 Å². The third kappa shape index (κ3) is 52.2. The van der Waals surface area contributed by atoms with E-state index in [1.54, 1.807) is 47.0 Å². The van der Waals surface area contributed by atoms with Crippen LogP contribution in [0.1, 0.15) is 312 Å². The van der Waals surface area contributed by atoms with Crippen molar-refractivity contribution in [1.82, 2.24) is 0 Å². The van der Waals surface area contributed by atoms with Crippen molar-refractivity contribution in [3.05, 3.63) is 0 Å². The van der Waals surface area contributed by atoms with Crippen molar-refractivity contribution in [1.29, 1.82) is 0 Å². The van der Waals surface area contributed by atoms with Crippen molar-refractivity contribution in [2.75, 3.05) is 72.5 Å². The number of carbonyl (C=O) groups is 4. The molecule has 4 unspecified atom stereocenters. The van der Waals surface area contributed by atoms with Gasteiger partial charge in [-0.3, -0.25) is 19.2 Å². The normalized spacial score (nSPS) is 13.8. The van der Waals surface area contributed by atoms with Crippen molar-refractivity contribution >= 4 is 70.9 Å². The van der Waals surface area contributed by atoms with E-state index in [4.69, 9.17) is 18.9 Å². The molecule has 0 saturated carbocycles. The van der Waals surface area contributed by atoms with Crippen molar-refractivity contribution in [3.63, 3.8) is 0 Å². The summed E-state index contributed by atoms with van der Waals surface area (Å²) in [4.78, 5) is 55.1. The lowest BCUT2D eigenvalue weighted by molar-refractivity contribution is -0.174. The average Bonchev–Trinajstić information content (AvgIpc) is 3.47. The van der Waals surface area contributed by atoms with Gasteiger partial charge in [-0.05, 0) is 48.7 Å². The third-order valence-corrected chi connectivity index (χ3v) is 21.0. The Labute approximate surface area is 519 Å². The molecule has 0 amide bonds. The molecule has 0 rings (SSSR count). The van der Waals surface area contributed by atoms with E-state index < -0.39 is 5.41 Å². The summed E-state index contributed by atoms with van der Waals surface area (Å²) >= 11 is 7.15. The van der Waals surface area contributed by atoms with Crippen LogP contribution in [-0.2, 0) is 38.1 Å². The van der Waals surface area contributed by atoms with Crippen molar-refractivity contribution < 1.29 is 38.1 Å². The van der Waals surface area contributed by atoms with Crippen LogP contribution < -0.4 is 0 Å². The summed E-state index contributed by atoms with van der Waals surface area (Å²) in [6, 6.07) is 0. The van der Waals surface area contributed by atoms with E-state index in [2.05, 4.69) is 27.7 Å². The molecule has 0 heterocycles. The molecule has 0 aliphatic rings. The Kier molecular flexibility index (Phi) is 60.4. The second kappa shape index (κ2) is 60.9. The molecule has 0 aliphatic carbocycles. The second-order valence-electron chi connectivity index (χ2n) is 24.6. The fourth-order valence-corrected chi connectivity index (χ4v) is 14.1. The highest BCUT2D eigenvalue weighted by atomic mass is 32.2. The second-order valence-corrected chi connectivity index (χ2v) is 29.2. The van der Waals surface area contributed by atoms with Crippen molar-refractivity contribution in [2.24, 2.45) is 29.1 Å². The minimum atomic E-state index is -1.28. The van der Waals surface area contributed by atoms with Crippen LogP contribution in [0.4, 0.5) is 0 Å². The number of hydrogen-bond acceptors (Lipinski definition) is 12. The molecule has 480 valence electrons. The molecule has 0 aromatic carbocycles. The fraction of sp³-hybridized carbons (Fsp3) is 0.942.